The number of hydrogen-bond acceptors (Lipinski definition) is 4. The lowest BCUT2D eigenvalue weighted by Crippen LogP contribution is -2.41. The van der Waals surface area contributed by atoms with Crippen molar-refractivity contribution in [1.29, 1.82) is 5.26 Å². The van der Waals surface area contributed by atoms with Gasteiger partial charge in [0.1, 0.15) is 12.0 Å². The molecule has 1 aromatic carbocycles. The molecule has 1 heterocycles. The number of likely N-dealkylation sites (N-methyl/N-ethyl adjacent to an activating group) is 1. The van der Waals surface area contributed by atoms with Crippen molar-refractivity contribution in [3.05, 3.63) is 28.8 Å². The highest BCUT2D eigenvalue weighted by molar-refractivity contribution is 6.32. The minimum atomic E-state index is -0.894. The van der Waals surface area contributed by atoms with E-state index < -0.39 is 11.9 Å². The average molecular weight is 281 g/mol. The largest absolute Gasteiger partial charge is 0.481 e. The van der Waals surface area contributed by atoms with Crippen LogP contribution in [0.5, 0.6) is 0 Å². The molecule has 2 rings (SSSR count). The maximum absolute atomic E-state index is 11.2. The zero-order valence-electron chi connectivity index (χ0n) is 10.3. The second-order valence-electron chi connectivity index (χ2n) is 4.41. The molecule has 19 heavy (non-hydrogen) atoms. The van der Waals surface area contributed by atoms with Crippen LogP contribution >= 0.6 is 11.6 Å². The summed E-state index contributed by atoms with van der Waals surface area (Å²) in [6, 6.07) is 6.87. The van der Waals surface area contributed by atoms with Crippen LogP contribution in [0, 0.1) is 17.2 Å². The van der Waals surface area contributed by atoms with E-state index in [4.69, 9.17) is 26.7 Å². The first-order chi connectivity index (χ1) is 9.06. The number of halogens is 1. The SMILES string of the molecule is CN(c1cccc(Cl)c1C#N)C1COCC1C(=O)O. The predicted octanol–water partition coefficient (Wildman–Crippen LogP) is 1.75. The first-order valence-electron chi connectivity index (χ1n) is 5.78. The molecule has 1 fully saturated rings. The van der Waals surface area contributed by atoms with Gasteiger partial charge in [-0.25, -0.2) is 0 Å². The number of nitriles is 1. The lowest BCUT2D eigenvalue weighted by atomic mass is 10.0. The minimum Gasteiger partial charge on any atom is -0.481 e. The second kappa shape index (κ2) is 5.47. The number of nitrogens with zero attached hydrogens (tertiary/aromatic N) is 2. The van der Waals surface area contributed by atoms with Crippen molar-refractivity contribution in [3.63, 3.8) is 0 Å². The zero-order valence-corrected chi connectivity index (χ0v) is 11.1. The Balaban J connectivity index is 2.35. The molecule has 0 radical (unpaired) electrons. The number of rotatable bonds is 3. The fourth-order valence-electron chi connectivity index (χ4n) is 2.26. The third-order valence-corrected chi connectivity index (χ3v) is 3.66. The van der Waals surface area contributed by atoms with Crippen LogP contribution in [-0.2, 0) is 9.53 Å². The molecule has 0 bridgehead atoms. The Hall–Kier alpha value is -1.77. The topological polar surface area (TPSA) is 73.6 Å². The molecule has 0 aliphatic carbocycles. The molecule has 2 unspecified atom stereocenters. The van der Waals surface area contributed by atoms with Crippen molar-refractivity contribution >= 4 is 23.3 Å². The van der Waals surface area contributed by atoms with Gasteiger partial charge in [0, 0.05) is 7.05 Å². The molecular formula is C13H13ClN2O3. The number of aliphatic carboxylic acids is 1. The highest BCUT2D eigenvalue weighted by atomic mass is 35.5. The number of carboxylic acid groups (broad SMARTS) is 1. The number of ether oxygens (including phenoxy) is 1. The normalized spacial score (nSPS) is 21.9. The standard InChI is InChI=1S/C13H13ClN2O3/c1-16(12-7-19-6-9(12)13(17)18)11-4-2-3-10(14)8(11)5-15/h2-4,9,12H,6-7H2,1H3,(H,17,18). The molecule has 6 heteroatoms. The molecule has 0 spiro atoms. The van der Waals surface area contributed by atoms with Gasteiger partial charge in [0.2, 0.25) is 0 Å². The molecule has 100 valence electrons. The van der Waals surface area contributed by atoms with Crippen molar-refractivity contribution < 1.29 is 14.6 Å². The summed E-state index contributed by atoms with van der Waals surface area (Å²) in [7, 11) is 1.75. The van der Waals surface area contributed by atoms with E-state index in [2.05, 4.69) is 6.07 Å². The Labute approximate surface area is 116 Å². The predicted molar refractivity (Wildman–Crippen MR) is 70.3 cm³/mol. The molecule has 0 amide bonds. The molecule has 0 aromatic heterocycles. The summed E-state index contributed by atoms with van der Waals surface area (Å²) in [6.45, 7) is 0.512. The summed E-state index contributed by atoms with van der Waals surface area (Å²) >= 11 is 5.98. The van der Waals surface area contributed by atoms with Gasteiger partial charge in [-0.3, -0.25) is 4.79 Å². The molecule has 2 atom stereocenters. The lowest BCUT2D eigenvalue weighted by molar-refractivity contribution is -0.141. The van der Waals surface area contributed by atoms with Crippen molar-refractivity contribution in [3.8, 4) is 6.07 Å². The number of anilines is 1. The van der Waals surface area contributed by atoms with Gasteiger partial charge in [-0.2, -0.15) is 5.26 Å². The highest BCUT2D eigenvalue weighted by Gasteiger charge is 2.37. The molecular weight excluding hydrogens is 268 g/mol. The van der Waals surface area contributed by atoms with E-state index in [0.29, 0.717) is 22.9 Å². The number of hydrogen-bond donors (Lipinski definition) is 1. The maximum atomic E-state index is 11.2. The summed E-state index contributed by atoms with van der Waals surface area (Å²) in [5.41, 5.74) is 0.972. The first kappa shape index (κ1) is 13.7. The van der Waals surface area contributed by atoms with Gasteiger partial charge >= 0.3 is 5.97 Å². The number of benzene rings is 1. The van der Waals surface area contributed by atoms with Crippen LogP contribution in [0.15, 0.2) is 18.2 Å². The molecule has 0 saturated carbocycles. The molecule has 1 aromatic rings. The molecule has 5 nitrogen and oxygen atoms in total. The quantitative estimate of drug-likeness (QED) is 0.913. The van der Waals surface area contributed by atoms with Crippen LogP contribution in [0.2, 0.25) is 5.02 Å². The van der Waals surface area contributed by atoms with Gasteiger partial charge in [-0.1, -0.05) is 17.7 Å². The summed E-state index contributed by atoms with van der Waals surface area (Å²) in [4.78, 5) is 12.9. The van der Waals surface area contributed by atoms with Gasteiger partial charge in [-0.05, 0) is 12.1 Å². The van der Waals surface area contributed by atoms with Crippen LogP contribution in [-0.4, -0.2) is 37.4 Å². The van der Waals surface area contributed by atoms with Crippen molar-refractivity contribution in [2.24, 2.45) is 5.92 Å². The Morgan fingerprint density at radius 2 is 2.32 bits per heavy atom. The van der Waals surface area contributed by atoms with E-state index in [1.165, 1.54) is 0 Å². The van der Waals surface area contributed by atoms with Crippen LogP contribution in [0.1, 0.15) is 5.56 Å². The van der Waals surface area contributed by atoms with Crippen LogP contribution < -0.4 is 4.90 Å². The lowest BCUT2D eigenvalue weighted by Gasteiger charge is -2.29. The van der Waals surface area contributed by atoms with E-state index in [1.807, 2.05) is 0 Å². The smallest absolute Gasteiger partial charge is 0.311 e. The van der Waals surface area contributed by atoms with E-state index in [0.717, 1.165) is 0 Å². The third-order valence-electron chi connectivity index (χ3n) is 3.35. The molecule has 1 saturated heterocycles. The monoisotopic (exact) mass is 280 g/mol. The fraction of sp³-hybridized carbons (Fsp3) is 0.385. The summed E-state index contributed by atoms with van der Waals surface area (Å²) in [5.74, 6) is -1.49. The summed E-state index contributed by atoms with van der Waals surface area (Å²) in [5, 5.41) is 18.7. The molecule has 1 N–H and O–H groups in total. The van der Waals surface area contributed by atoms with Gasteiger partial charge in [0.25, 0.3) is 0 Å². The number of carbonyl (C=O) groups is 1. The Morgan fingerprint density at radius 3 is 2.95 bits per heavy atom. The Bertz CT molecular complexity index is 541. The van der Waals surface area contributed by atoms with Crippen LogP contribution in [0.4, 0.5) is 5.69 Å². The van der Waals surface area contributed by atoms with Crippen molar-refractivity contribution in [2.75, 3.05) is 25.2 Å². The first-order valence-corrected chi connectivity index (χ1v) is 6.16. The van der Waals surface area contributed by atoms with Gasteiger partial charge in [0.15, 0.2) is 0 Å². The van der Waals surface area contributed by atoms with Gasteiger partial charge in [0.05, 0.1) is 35.5 Å². The van der Waals surface area contributed by atoms with Crippen molar-refractivity contribution in [1.82, 2.24) is 0 Å². The fourth-order valence-corrected chi connectivity index (χ4v) is 2.47. The second-order valence-corrected chi connectivity index (χ2v) is 4.81. The van der Waals surface area contributed by atoms with Gasteiger partial charge < -0.3 is 14.7 Å². The Morgan fingerprint density at radius 1 is 1.58 bits per heavy atom. The Kier molecular flexibility index (Phi) is 3.93. The van der Waals surface area contributed by atoms with E-state index in [9.17, 15) is 4.79 Å². The number of carboxylic acids is 1. The maximum Gasteiger partial charge on any atom is 0.311 e. The zero-order chi connectivity index (χ0) is 14.0. The van der Waals surface area contributed by atoms with E-state index in [1.54, 1.807) is 30.1 Å². The molecule has 1 aliphatic rings. The summed E-state index contributed by atoms with van der Waals surface area (Å²) in [6.07, 6.45) is 0. The third kappa shape index (κ3) is 2.50. The van der Waals surface area contributed by atoms with Crippen LogP contribution in [0.3, 0.4) is 0 Å². The average Bonchev–Trinajstić information content (AvgIpc) is 2.86. The highest BCUT2D eigenvalue weighted by Crippen LogP contribution is 2.30. The van der Waals surface area contributed by atoms with Crippen LogP contribution in [0.25, 0.3) is 0 Å². The van der Waals surface area contributed by atoms with E-state index >= 15 is 0 Å². The van der Waals surface area contributed by atoms with Gasteiger partial charge in [-0.15, -0.1) is 0 Å². The molecule has 1 aliphatic heterocycles. The van der Waals surface area contributed by atoms with Crippen molar-refractivity contribution in [2.45, 2.75) is 6.04 Å². The minimum absolute atomic E-state index is 0.187. The summed E-state index contributed by atoms with van der Waals surface area (Å²) < 4.78 is 5.24. The van der Waals surface area contributed by atoms with E-state index in [-0.39, 0.29) is 12.6 Å².